The molecule has 0 spiro atoms. The van der Waals surface area contributed by atoms with E-state index in [1.54, 1.807) is 0 Å². The minimum Gasteiger partial charge on any atom is -0.0628 e. The molecule has 1 fully saturated rings. The van der Waals surface area contributed by atoms with Gasteiger partial charge < -0.3 is 0 Å². The summed E-state index contributed by atoms with van der Waals surface area (Å²) >= 11 is 0. The Kier molecular flexibility index (Phi) is 6.46. The summed E-state index contributed by atoms with van der Waals surface area (Å²) in [7, 11) is 0. The molecule has 0 amide bonds. The number of hydrogen-bond acceptors (Lipinski definition) is 0. The summed E-state index contributed by atoms with van der Waals surface area (Å²) in [5.74, 6) is 3.92. The van der Waals surface area contributed by atoms with E-state index in [1.165, 1.54) is 51.4 Å². The van der Waals surface area contributed by atoms with Gasteiger partial charge in [0.05, 0.1) is 0 Å². The summed E-state index contributed by atoms with van der Waals surface area (Å²) < 4.78 is 0. The van der Waals surface area contributed by atoms with Crippen LogP contribution >= 0.6 is 0 Å². The van der Waals surface area contributed by atoms with Crippen molar-refractivity contribution in [1.29, 1.82) is 0 Å². The Bertz CT molecular complexity index is 163. The third kappa shape index (κ3) is 5.92. The van der Waals surface area contributed by atoms with E-state index in [1.807, 2.05) is 0 Å². The van der Waals surface area contributed by atoms with Crippen molar-refractivity contribution in [1.82, 2.24) is 0 Å². The molecular formula is C16H32. The summed E-state index contributed by atoms with van der Waals surface area (Å²) in [6.07, 6.45) is 11.9. The van der Waals surface area contributed by atoms with Crippen LogP contribution in [0.25, 0.3) is 0 Å². The summed E-state index contributed by atoms with van der Waals surface area (Å²) in [6, 6.07) is 0. The zero-order valence-electron chi connectivity index (χ0n) is 12.0. The van der Waals surface area contributed by atoms with E-state index < -0.39 is 0 Å². The van der Waals surface area contributed by atoms with Crippen LogP contribution in [-0.4, -0.2) is 0 Å². The van der Waals surface area contributed by atoms with Gasteiger partial charge in [-0.15, -0.1) is 0 Å². The molecule has 0 aromatic carbocycles. The highest BCUT2D eigenvalue weighted by atomic mass is 14.2. The lowest BCUT2D eigenvalue weighted by molar-refractivity contribution is 0.259. The molecule has 0 aromatic heterocycles. The van der Waals surface area contributed by atoms with Gasteiger partial charge in [-0.25, -0.2) is 0 Å². The first kappa shape index (κ1) is 14.1. The first-order chi connectivity index (χ1) is 7.58. The van der Waals surface area contributed by atoms with Gasteiger partial charge >= 0.3 is 0 Å². The van der Waals surface area contributed by atoms with Crippen LogP contribution in [0.3, 0.4) is 0 Å². The molecule has 0 heteroatoms. The normalized spacial score (nSPS) is 28.3. The molecule has 96 valence electrons. The van der Waals surface area contributed by atoms with Gasteiger partial charge in [0.25, 0.3) is 0 Å². The van der Waals surface area contributed by atoms with Crippen LogP contribution in [0.1, 0.15) is 79.1 Å². The lowest BCUT2D eigenvalue weighted by atomic mass is 9.79. The Morgan fingerprint density at radius 1 is 0.875 bits per heavy atom. The average Bonchev–Trinajstić information content (AvgIpc) is 2.25. The van der Waals surface area contributed by atoms with E-state index in [0.717, 1.165) is 23.7 Å². The monoisotopic (exact) mass is 224 g/mol. The second-order valence-corrected chi connectivity index (χ2v) is 6.78. The van der Waals surface area contributed by atoms with Gasteiger partial charge in [0, 0.05) is 0 Å². The smallest absolute Gasteiger partial charge is 0.0414 e. The minimum atomic E-state index is 0.887. The van der Waals surface area contributed by atoms with E-state index in [0.29, 0.717) is 0 Å². The van der Waals surface area contributed by atoms with Crippen LogP contribution < -0.4 is 0 Å². The third-order valence-corrected chi connectivity index (χ3v) is 4.44. The van der Waals surface area contributed by atoms with E-state index in [9.17, 15) is 0 Å². The molecule has 0 N–H and O–H groups in total. The molecule has 1 aliphatic rings. The fourth-order valence-electron chi connectivity index (χ4n) is 2.90. The van der Waals surface area contributed by atoms with Gasteiger partial charge in [-0.05, 0) is 23.7 Å². The Labute approximate surface area is 103 Å². The Balaban J connectivity index is 2.05. The molecule has 0 aliphatic heterocycles. The fraction of sp³-hybridized carbons (Fsp3) is 1.00. The van der Waals surface area contributed by atoms with Gasteiger partial charge in [-0.1, -0.05) is 79.1 Å². The largest absolute Gasteiger partial charge is 0.0628 e. The minimum absolute atomic E-state index is 0.887. The van der Waals surface area contributed by atoms with Gasteiger partial charge in [0.2, 0.25) is 0 Å². The van der Waals surface area contributed by atoms with E-state index in [2.05, 4.69) is 27.7 Å². The summed E-state index contributed by atoms with van der Waals surface area (Å²) in [5.41, 5.74) is 0. The second-order valence-electron chi connectivity index (χ2n) is 6.78. The fourth-order valence-corrected chi connectivity index (χ4v) is 2.90. The van der Waals surface area contributed by atoms with Gasteiger partial charge in [0.1, 0.15) is 0 Å². The first-order valence-corrected chi connectivity index (χ1v) is 7.58. The molecule has 0 nitrogen and oxygen atoms in total. The number of rotatable bonds is 6. The molecule has 0 saturated heterocycles. The maximum absolute atomic E-state index is 2.45. The summed E-state index contributed by atoms with van der Waals surface area (Å²) in [5, 5.41) is 0. The van der Waals surface area contributed by atoms with Gasteiger partial charge in [-0.3, -0.25) is 0 Å². The molecule has 1 rings (SSSR count). The maximum Gasteiger partial charge on any atom is -0.0414 e. The van der Waals surface area contributed by atoms with Crippen LogP contribution in [0.15, 0.2) is 0 Å². The maximum atomic E-state index is 2.45. The van der Waals surface area contributed by atoms with E-state index in [-0.39, 0.29) is 0 Å². The van der Waals surface area contributed by atoms with Gasteiger partial charge in [0.15, 0.2) is 0 Å². The Hall–Kier alpha value is 0. The molecule has 1 unspecified atom stereocenters. The summed E-state index contributed by atoms with van der Waals surface area (Å²) in [4.78, 5) is 0. The SMILES string of the molecule is CC(C)CCC(C)CCC1CCC(C)CC1. The molecule has 0 heterocycles. The molecular weight excluding hydrogens is 192 g/mol. The molecule has 1 saturated carbocycles. The van der Waals surface area contributed by atoms with Crippen LogP contribution in [0.2, 0.25) is 0 Å². The zero-order chi connectivity index (χ0) is 12.0. The van der Waals surface area contributed by atoms with Crippen molar-refractivity contribution in [2.45, 2.75) is 79.1 Å². The first-order valence-electron chi connectivity index (χ1n) is 7.58. The predicted octanol–water partition coefficient (Wildman–Crippen LogP) is 5.67. The number of hydrogen-bond donors (Lipinski definition) is 0. The quantitative estimate of drug-likeness (QED) is 0.545. The van der Waals surface area contributed by atoms with Crippen LogP contribution in [-0.2, 0) is 0 Å². The van der Waals surface area contributed by atoms with Crippen LogP contribution in [0.4, 0.5) is 0 Å². The topological polar surface area (TPSA) is 0 Å². The predicted molar refractivity (Wildman–Crippen MR) is 73.6 cm³/mol. The lowest BCUT2D eigenvalue weighted by Crippen LogP contribution is -2.13. The standard InChI is InChI=1S/C16H32/c1-13(2)5-6-14(3)7-10-16-11-8-15(4)9-12-16/h13-16H,5-12H2,1-4H3. The highest BCUT2D eigenvalue weighted by Gasteiger charge is 2.18. The molecule has 0 radical (unpaired) electrons. The van der Waals surface area contributed by atoms with Crippen molar-refractivity contribution in [3.8, 4) is 0 Å². The van der Waals surface area contributed by atoms with Crippen molar-refractivity contribution >= 4 is 0 Å². The Morgan fingerprint density at radius 2 is 1.50 bits per heavy atom. The Morgan fingerprint density at radius 3 is 2.06 bits per heavy atom. The third-order valence-electron chi connectivity index (χ3n) is 4.44. The van der Waals surface area contributed by atoms with Crippen molar-refractivity contribution < 1.29 is 0 Å². The average molecular weight is 224 g/mol. The van der Waals surface area contributed by atoms with E-state index in [4.69, 9.17) is 0 Å². The molecule has 1 aliphatic carbocycles. The zero-order valence-corrected chi connectivity index (χ0v) is 12.0. The molecule has 0 aromatic rings. The molecule has 1 atom stereocenters. The van der Waals surface area contributed by atoms with Gasteiger partial charge in [-0.2, -0.15) is 0 Å². The highest BCUT2D eigenvalue weighted by molar-refractivity contribution is 4.71. The van der Waals surface area contributed by atoms with Crippen molar-refractivity contribution in [2.24, 2.45) is 23.7 Å². The van der Waals surface area contributed by atoms with Crippen molar-refractivity contribution in [3.63, 3.8) is 0 Å². The van der Waals surface area contributed by atoms with Crippen LogP contribution in [0.5, 0.6) is 0 Å². The molecule has 16 heavy (non-hydrogen) atoms. The highest BCUT2D eigenvalue weighted by Crippen LogP contribution is 2.32. The second kappa shape index (κ2) is 7.35. The van der Waals surface area contributed by atoms with Crippen molar-refractivity contribution in [3.05, 3.63) is 0 Å². The van der Waals surface area contributed by atoms with Crippen LogP contribution in [0, 0.1) is 23.7 Å². The molecule has 0 bridgehead atoms. The lowest BCUT2D eigenvalue weighted by Gasteiger charge is -2.27. The van der Waals surface area contributed by atoms with Crippen molar-refractivity contribution in [2.75, 3.05) is 0 Å². The van der Waals surface area contributed by atoms with E-state index >= 15 is 0 Å². The summed E-state index contributed by atoms with van der Waals surface area (Å²) in [6.45, 7) is 9.56.